The minimum absolute atomic E-state index is 0.225. The van der Waals surface area contributed by atoms with E-state index in [4.69, 9.17) is 0 Å². The summed E-state index contributed by atoms with van der Waals surface area (Å²) < 4.78 is 0. The molecule has 0 saturated carbocycles. The number of fused-ring (bicyclic) bond motifs is 1. The van der Waals surface area contributed by atoms with Gasteiger partial charge in [0.1, 0.15) is 0 Å². The number of amides is 2. The molecule has 0 aromatic heterocycles. The molecule has 6 heteroatoms. The summed E-state index contributed by atoms with van der Waals surface area (Å²) in [5.74, 6) is -1.02. The van der Waals surface area contributed by atoms with Crippen molar-refractivity contribution in [1.29, 1.82) is 0 Å². The third-order valence-electron chi connectivity index (χ3n) is 4.73. The molecule has 3 atom stereocenters. The third kappa shape index (κ3) is 2.33. The SMILES string of the molecule is CC(=O)N1NC2(O)C(=O)N(C(C)(C)C)CC2C1c1ccccc1. The van der Waals surface area contributed by atoms with Crippen molar-refractivity contribution in [2.24, 2.45) is 5.92 Å². The van der Waals surface area contributed by atoms with Crippen molar-refractivity contribution in [3.63, 3.8) is 0 Å². The van der Waals surface area contributed by atoms with E-state index in [0.717, 1.165) is 5.56 Å². The van der Waals surface area contributed by atoms with E-state index in [0.29, 0.717) is 6.54 Å². The predicted molar refractivity (Wildman–Crippen MR) is 84.7 cm³/mol. The van der Waals surface area contributed by atoms with Crippen LogP contribution < -0.4 is 5.43 Å². The lowest BCUT2D eigenvalue weighted by Crippen LogP contribution is -2.57. The van der Waals surface area contributed by atoms with Crippen molar-refractivity contribution in [2.75, 3.05) is 6.54 Å². The van der Waals surface area contributed by atoms with Crippen molar-refractivity contribution < 1.29 is 14.7 Å². The lowest BCUT2D eigenvalue weighted by Gasteiger charge is -2.35. The zero-order valence-corrected chi connectivity index (χ0v) is 13.9. The first kappa shape index (κ1) is 16.0. The van der Waals surface area contributed by atoms with Gasteiger partial charge in [-0.3, -0.25) is 14.6 Å². The molecule has 0 bridgehead atoms. The molecule has 1 aromatic rings. The third-order valence-corrected chi connectivity index (χ3v) is 4.73. The van der Waals surface area contributed by atoms with Crippen molar-refractivity contribution in [2.45, 2.75) is 45.0 Å². The zero-order chi connectivity index (χ0) is 17.0. The molecule has 0 aliphatic carbocycles. The van der Waals surface area contributed by atoms with Crippen LogP contribution in [0.25, 0.3) is 0 Å². The van der Waals surface area contributed by atoms with E-state index in [1.165, 1.54) is 11.9 Å². The average Bonchev–Trinajstić information content (AvgIpc) is 2.90. The van der Waals surface area contributed by atoms with Gasteiger partial charge in [0.25, 0.3) is 5.91 Å². The second-order valence-electron chi connectivity index (χ2n) is 7.32. The summed E-state index contributed by atoms with van der Waals surface area (Å²) in [5.41, 5.74) is 1.56. The number of nitrogens with zero attached hydrogens (tertiary/aromatic N) is 2. The van der Waals surface area contributed by atoms with E-state index >= 15 is 0 Å². The molecule has 0 spiro atoms. The van der Waals surface area contributed by atoms with E-state index in [1.54, 1.807) is 4.90 Å². The first-order valence-electron chi connectivity index (χ1n) is 7.83. The van der Waals surface area contributed by atoms with E-state index in [-0.39, 0.29) is 23.4 Å². The highest BCUT2D eigenvalue weighted by molar-refractivity contribution is 5.89. The molecule has 6 nitrogen and oxygen atoms in total. The topological polar surface area (TPSA) is 72.9 Å². The van der Waals surface area contributed by atoms with Gasteiger partial charge >= 0.3 is 0 Å². The van der Waals surface area contributed by atoms with Gasteiger partial charge < -0.3 is 10.0 Å². The molecule has 3 rings (SSSR count). The van der Waals surface area contributed by atoms with Crippen LogP contribution in [0, 0.1) is 5.92 Å². The Morgan fingerprint density at radius 3 is 2.43 bits per heavy atom. The number of rotatable bonds is 1. The number of likely N-dealkylation sites (tertiary alicyclic amines) is 1. The van der Waals surface area contributed by atoms with Crippen molar-refractivity contribution >= 4 is 11.8 Å². The molecular formula is C17H23N3O3. The maximum absolute atomic E-state index is 12.8. The summed E-state index contributed by atoms with van der Waals surface area (Å²) in [7, 11) is 0. The second-order valence-corrected chi connectivity index (χ2v) is 7.32. The predicted octanol–water partition coefficient (Wildman–Crippen LogP) is 1.04. The molecule has 2 aliphatic rings. The van der Waals surface area contributed by atoms with Gasteiger partial charge in [-0.15, -0.1) is 0 Å². The normalized spacial score (nSPS) is 30.7. The molecule has 2 amide bonds. The van der Waals surface area contributed by atoms with Crippen molar-refractivity contribution in [1.82, 2.24) is 15.3 Å². The molecule has 1 aromatic carbocycles. The number of carbonyl (C=O) groups excluding carboxylic acids is 2. The smallest absolute Gasteiger partial charge is 0.272 e. The second kappa shape index (κ2) is 5.04. The van der Waals surface area contributed by atoms with Crippen LogP contribution in [0.1, 0.15) is 39.3 Å². The fourth-order valence-corrected chi connectivity index (χ4v) is 3.55. The van der Waals surface area contributed by atoms with E-state index < -0.39 is 11.6 Å². The number of carbonyl (C=O) groups is 2. The van der Waals surface area contributed by atoms with Gasteiger partial charge in [-0.25, -0.2) is 0 Å². The number of nitrogens with one attached hydrogen (secondary N) is 1. The Kier molecular flexibility index (Phi) is 3.50. The number of aliphatic hydroxyl groups is 1. The van der Waals surface area contributed by atoms with Crippen LogP contribution in [0.2, 0.25) is 0 Å². The lowest BCUT2D eigenvalue weighted by molar-refractivity contribution is -0.154. The van der Waals surface area contributed by atoms with Crippen LogP contribution in [0.5, 0.6) is 0 Å². The highest BCUT2D eigenvalue weighted by Crippen LogP contribution is 2.46. The Morgan fingerprint density at radius 2 is 1.91 bits per heavy atom. The van der Waals surface area contributed by atoms with Crippen LogP contribution in [0.3, 0.4) is 0 Å². The van der Waals surface area contributed by atoms with Crippen LogP contribution in [0.15, 0.2) is 30.3 Å². The van der Waals surface area contributed by atoms with Gasteiger partial charge in [0, 0.05) is 19.0 Å². The molecule has 2 heterocycles. The fraction of sp³-hybridized carbons (Fsp3) is 0.529. The van der Waals surface area contributed by atoms with Gasteiger partial charge in [0.2, 0.25) is 11.6 Å². The van der Waals surface area contributed by atoms with E-state index in [9.17, 15) is 14.7 Å². The summed E-state index contributed by atoms with van der Waals surface area (Å²) in [6.07, 6.45) is 0. The molecule has 2 fully saturated rings. The zero-order valence-electron chi connectivity index (χ0n) is 13.9. The minimum atomic E-state index is -1.74. The minimum Gasteiger partial charge on any atom is -0.366 e. The molecule has 3 unspecified atom stereocenters. The van der Waals surface area contributed by atoms with Gasteiger partial charge in [-0.2, -0.15) is 5.43 Å². The Hall–Kier alpha value is -1.92. The Labute approximate surface area is 136 Å². The van der Waals surface area contributed by atoms with Gasteiger partial charge in [-0.1, -0.05) is 30.3 Å². The van der Waals surface area contributed by atoms with Gasteiger partial charge in [0.05, 0.1) is 12.0 Å². The monoisotopic (exact) mass is 317 g/mol. The molecule has 2 aliphatic heterocycles. The summed E-state index contributed by atoms with van der Waals surface area (Å²) >= 11 is 0. The quantitative estimate of drug-likeness (QED) is 0.812. The fourth-order valence-electron chi connectivity index (χ4n) is 3.55. The first-order chi connectivity index (χ1) is 10.7. The molecular weight excluding hydrogens is 294 g/mol. The average molecular weight is 317 g/mol. The maximum Gasteiger partial charge on any atom is 0.272 e. The van der Waals surface area contributed by atoms with E-state index in [2.05, 4.69) is 5.43 Å². The van der Waals surface area contributed by atoms with Crippen molar-refractivity contribution in [3.8, 4) is 0 Å². The molecule has 23 heavy (non-hydrogen) atoms. The molecule has 2 N–H and O–H groups in total. The summed E-state index contributed by atoms with van der Waals surface area (Å²) in [6, 6.07) is 9.13. The largest absolute Gasteiger partial charge is 0.366 e. The summed E-state index contributed by atoms with van der Waals surface area (Å²) in [4.78, 5) is 26.5. The Balaban J connectivity index is 2.05. The molecule has 0 radical (unpaired) electrons. The Bertz CT molecular complexity index is 640. The number of hydrogen-bond acceptors (Lipinski definition) is 4. The molecule has 124 valence electrons. The standard InChI is InChI=1S/C17H23N3O3/c1-11(21)20-14(12-8-6-5-7-9-12)13-10-19(16(2,3)4)15(22)17(13,23)18-20/h5-9,13-14,18,23H,10H2,1-4H3. The number of hydrazine groups is 1. The first-order valence-corrected chi connectivity index (χ1v) is 7.83. The highest BCUT2D eigenvalue weighted by atomic mass is 16.3. The van der Waals surface area contributed by atoms with Crippen LogP contribution in [0.4, 0.5) is 0 Å². The number of benzene rings is 1. The van der Waals surface area contributed by atoms with Gasteiger partial charge in [0.15, 0.2) is 0 Å². The van der Waals surface area contributed by atoms with Gasteiger partial charge in [-0.05, 0) is 26.3 Å². The maximum atomic E-state index is 12.8. The molecule has 2 saturated heterocycles. The highest BCUT2D eigenvalue weighted by Gasteiger charge is 2.64. The van der Waals surface area contributed by atoms with Crippen LogP contribution in [-0.2, 0) is 9.59 Å². The lowest BCUT2D eigenvalue weighted by atomic mass is 9.89. The Morgan fingerprint density at radius 1 is 1.30 bits per heavy atom. The van der Waals surface area contributed by atoms with Crippen LogP contribution >= 0.6 is 0 Å². The van der Waals surface area contributed by atoms with E-state index in [1.807, 2.05) is 51.1 Å². The van der Waals surface area contributed by atoms with Crippen LogP contribution in [-0.4, -0.2) is 44.6 Å². The summed E-state index contributed by atoms with van der Waals surface area (Å²) in [5, 5.41) is 12.4. The number of hydrogen-bond donors (Lipinski definition) is 2. The van der Waals surface area contributed by atoms with Crippen molar-refractivity contribution in [3.05, 3.63) is 35.9 Å². The summed E-state index contributed by atoms with van der Waals surface area (Å²) in [6.45, 7) is 7.65.